The van der Waals surface area contributed by atoms with Gasteiger partial charge in [0, 0.05) is 19.8 Å². The number of anilines is 2. The van der Waals surface area contributed by atoms with Gasteiger partial charge in [-0.3, -0.25) is 14.9 Å². The van der Waals surface area contributed by atoms with E-state index in [9.17, 15) is 14.4 Å². The summed E-state index contributed by atoms with van der Waals surface area (Å²) in [4.78, 5) is 40.4. The van der Waals surface area contributed by atoms with Gasteiger partial charge in [-0.25, -0.2) is 9.69 Å². The van der Waals surface area contributed by atoms with Gasteiger partial charge in [0.2, 0.25) is 0 Å². The lowest BCUT2D eigenvalue weighted by molar-refractivity contribution is -0.122. The summed E-state index contributed by atoms with van der Waals surface area (Å²) in [5.41, 5.74) is 4.19. The van der Waals surface area contributed by atoms with Crippen molar-refractivity contribution in [1.82, 2.24) is 5.32 Å². The highest BCUT2D eigenvalue weighted by atomic mass is 16.2. The first-order chi connectivity index (χ1) is 13.8. The van der Waals surface area contributed by atoms with E-state index in [1.54, 1.807) is 24.3 Å². The van der Waals surface area contributed by atoms with Crippen LogP contribution < -0.4 is 15.1 Å². The third kappa shape index (κ3) is 4.43. The third-order valence-electron chi connectivity index (χ3n) is 4.53. The Kier molecular flexibility index (Phi) is 5.64. The minimum atomic E-state index is -0.745. The molecule has 1 saturated heterocycles. The number of carbonyl (C=O) groups is 3. The fraction of sp³-hybridized carbons (Fsp3) is 0.174. The van der Waals surface area contributed by atoms with Crippen molar-refractivity contribution in [2.24, 2.45) is 0 Å². The summed E-state index contributed by atoms with van der Waals surface area (Å²) in [6.07, 6.45) is 4.86. The largest absolute Gasteiger partial charge is 0.378 e. The molecule has 6 nitrogen and oxygen atoms in total. The zero-order chi connectivity index (χ0) is 21.1. The summed E-state index contributed by atoms with van der Waals surface area (Å²) in [5, 5.41) is 2.24. The Morgan fingerprint density at radius 1 is 0.931 bits per heavy atom. The van der Waals surface area contributed by atoms with E-state index < -0.39 is 17.8 Å². The molecule has 0 spiro atoms. The molecule has 0 bridgehead atoms. The van der Waals surface area contributed by atoms with Crippen molar-refractivity contribution in [3.63, 3.8) is 0 Å². The third-order valence-corrected chi connectivity index (χ3v) is 4.53. The van der Waals surface area contributed by atoms with Gasteiger partial charge in [-0.15, -0.1) is 0 Å². The number of allylic oxidation sites excluding steroid dienone is 2. The number of amides is 4. The van der Waals surface area contributed by atoms with Gasteiger partial charge in [-0.05, 0) is 60.9 Å². The standard InChI is InChI=1S/C23H23N3O3/c1-15-12-16(2)14-19(13-15)26-22(28)20(21(27)24-23(26)29)7-5-6-17-8-10-18(11-9-17)25(3)4/h5-14H,1-4H3,(H,24,27,29). The van der Waals surface area contributed by atoms with Gasteiger partial charge in [0.25, 0.3) is 11.8 Å². The van der Waals surface area contributed by atoms with Gasteiger partial charge in [0.05, 0.1) is 5.69 Å². The van der Waals surface area contributed by atoms with Crippen LogP contribution >= 0.6 is 0 Å². The molecule has 3 rings (SSSR count). The number of aryl methyl sites for hydroxylation is 2. The number of hydrogen-bond acceptors (Lipinski definition) is 4. The lowest BCUT2D eigenvalue weighted by Gasteiger charge is -2.26. The molecular weight excluding hydrogens is 366 g/mol. The van der Waals surface area contributed by atoms with Crippen LogP contribution in [0.25, 0.3) is 6.08 Å². The first kappa shape index (κ1) is 20.1. The number of nitrogens with one attached hydrogen (secondary N) is 1. The number of urea groups is 1. The monoisotopic (exact) mass is 389 g/mol. The summed E-state index contributed by atoms with van der Waals surface area (Å²) in [5.74, 6) is -1.34. The van der Waals surface area contributed by atoms with Crippen LogP contribution in [0.2, 0.25) is 0 Å². The molecular formula is C23H23N3O3. The molecule has 1 aliphatic rings. The summed E-state index contributed by atoms with van der Waals surface area (Å²) < 4.78 is 0. The van der Waals surface area contributed by atoms with Gasteiger partial charge >= 0.3 is 6.03 Å². The van der Waals surface area contributed by atoms with Gasteiger partial charge in [-0.1, -0.05) is 30.4 Å². The summed E-state index contributed by atoms with van der Waals surface area (Å²) >= 11 is 0. The molecule has 4 amide bonds. The normalized spacial score (nSPS) is 15.9. The Balaban J connectivity index is 1.86. The summed E-state index contributed by atoms with van der Waals surface area (Å²) in [7, 11) is 3.93. The smallest absolute Gasteiger partial charge is 0.335 e. The fourth-order valence-electron chi connectivity index (χ4n) is 3.13. The molecule has 2 aromatic rings. The van der Waals surface area contributed by atoms with Crippen molar-refractivity contribution in [3.05, 3.63) is 76.9 Å². The van der Waals surface area contributed by atoms with Gasteiger partial charge in [-0.2, -0.15) is 0 Å². The van der Waals surface area contributed by atoms with Gasteiger partial charge < -0.3 is 4.90 Å². The summed E-state index contributed by atoms with van der Waals surface area (Å²) in [6, 6.07) is 12.5. The Morgan fingerprint density at radius 3 is 2.14 bits per heavy atom. The predicted molar refractivity (Wildman–Crippen MR) is 115 cm³/mol. The molecule has 1 N–H and O–H groups in total. The fourth-order valence-corrected chi connectivity index (χ4v) is 3.13. The zero-order valence-corrected chi connectivity index (χ0v) is 16.9. The molecule has 1 heterocycles. The highest BCUT2D eigenvalue weighted by Gasteiger charge is 2.36. The van der Waals surface area contributed by atoms with Crippen LogP contribution in [0, 0.1) is 13.8 Å². The number of barbiturate groups is 1. The maximum atomic E-state index is 12.9. The molecule has 1 aliphatic heterocycles. The molecule has 0 aromatic heterocycles. The number of benzene rings is 2. The number of rotatable bonds is 4. The van der Waals surface area contributed by atoms with E-state index in [0.29, 0.717) is 5.69 Å². The highest BCUT2D eigenvalue weighted by Crippen LogP contribution is 2.23. The lowest BCUT2D eigenvalue weighted by atomic mass is 10.1. The second kappa shape index (κ2) is 8.14. The molecule has 0 saturated carbocycles. The SMILES string of the molecule is Cc1cc(C)cc(N2C(=O)NC(=O)C(=CC=Cc3ccc(N(C)C)cc3)C2=O)c1. The van der Waals surface area contributed by atoms with Crippen molar-refractivity contribution >= 4 is 35.3 Å². The van der Waals surface area contributed by atoms with E-state index in [-0.39, 0.29) is 5.57 Å². The molecule has 29 heavy (non-hydrogen) atoms. The first-order valence-corrected chi connectivity index (χ1v) is 9.20. The van der Waals surface area contributed by atoms with Crippen LogP contribution in [0.5, 0.6) is 0 Å². The Morgan fingerprint density at radius 2 is 1.55 bits per heavy atom. The van der Waals surface area contributed by atoms with Gasteiger partial charge in [0.15, 0.2) is 0 Å². The van der Waals surface area contributed by atoms with E-state index in [2.05, 4.69) is 5.32 Å². The molecule has 0 radical (unpaired) electrons. The quantitative estimate of drug-likeness (QED) is 0.641. The maximum Gasteiger partial charge on any atom is 0.335 e. The van der Waals surface area contributed by atoms with E-state index in [4.69, 9.17) is 0 Å². The van der Waals surface area contributed by atoms with E-state index in [0.717, 1.165) is 27.3 Å². The van der Waals surface area contributed by atoms with E-state index in [1.807, 2.05) is 63.2 Å². The Labute approximate surface area is 170 Å². The average molecular weight is 389 g/mol. The number of nitrogens with zero attached hydrogens (tertiary/aromatic N) is 2. The van der Waals surface area contributed by atoms with Crippen molar-refractivity contribution in [2.45, 2.75) is 13.8 Å². The van der Waals surface area contributed by atoms with Crippen molar-refractivity contribution in [2.75, 3.05) is 23.9 Å². The molecule has 6 heteroatoms. The van der Waals surface area contributed by atoms with Gasteiger partial charge in [0.1, 0.15) is 5.57 Å². The molecule has 2 aromatic carbocycles. The second-order valence-corrected chi connectivity index (χ2v) is 7.17. The van der Waals surface area contributed by atoms with Crippen LogP contribution in [-0.2, 0) is 9.59 Å². The minimum absolute atomic E-state index is 0.0927. The van der Waals surface area contributed by atoms with Crippen molar-refractivity contribution in [3.8, 4) is 0 Å². The molecule has 0 aliphatic carbocycles. The number of imide groups is 2. The lowest BCUT2D eigenvalue weighted by Crippen LogP contribution is -2.54. The predicted octanol–water partition coefficient (Wildman–Crippen LogP) is 3.59. The molecule has 1 fully saturated rings. The second-order valence-electron chi connectivity index (χ2n) is 7.17. The van der Waals surface area contributed by atoms with Crippen LogP contribution in [-0.4, -0.2) is 31.9 Å². The van der Waals surface area contributed by atoms with Crippen molar-refractivity contribution < 1.29 is 14.4 Å². The maximum absolute atomic E-state index is 12.9. The van der Waals surface area contributed by atoms with Crippen LogP contribution in [0.1, 0.15) is 16.7 Å². The summed E-state index contributed by atoms with van der Waals surface area (Å²) in [6.45, 7) is 3.77. The Hall–Kier alpha value is -3.67. The van der Waals surface area contributed by atoms with Crippen LogP contribution in [0.3, 0.4) is 0 Å². The first-order valence-electron chi connectivity index (χ1n) is 9.20. The van der Waals surface area contributed by atoms with Crippen molar-refractivity contribution in [1.29, 1.82) is 0 Å². The number of hydrogen-bond donors (Lipinski definition) is 1. The average Bonchev–Trinajstić information content (AvgIpc) is 2.63. The zero-order valence-electron chi connectivity index (χ0n) is 16.9. The highest BCUT2D eigenvalue weighted by molar-refractivity contribution is 6.37. The molecule has 0 unspecified atom stereocenters. The van der Waals surface area contributed by atoms with Crippen LogP contribution in [0.15, 0.2) is 60.2 Å². The topological polar surface area (TPSA) is 69.7 Å². The number of carbonyl (C=O) groups excluding carboxylic acids is 3. The van der Waals surface area contributed by atoms with Crippen LogP contribution in [0.4, 0.5) is 16.2 Å². The molecule has 0 atom stereocenters. The van der Waals surface area contributed by atoms with E-state index >= 15 is 0 Å². The Bertz CT molecular complexity index is 1010. The van der Waals surface area contributed by atoms with E-state index in [1.165, 1.54) is 6.08 Å². The molecule has 148 valence electrons. The minimum Gasteiger partial charge on any atom is -0.378 e.